The molecule has 1 aliphatic heterocycles. The van der Waals surface area contributed by atoms with Crippen LogP contribution in [0.2, 0.25) is 0 Å². The number of piperidine rings is 1. The van der Waals surface area contributed by atoms with E-state index < -0.39 is 0 Å². The van der Waals surface area contributed by atoms with Crippen LogP contribution in [-0.2, 0) is 0 Å². The van der Waals surface area contributed by atoms with Crippen LogP contribution in [0.15, 0.2) is 10.9 Å². The fourth-order valence-corrected chi connectivity index (χ4v) is 2.40. The van der Waals surface area contributed by atoms with Crippen LogP contribution in [-0.4, -0.2) is 29.1 Å². The molecule has 1 atom stereocenters. The SMILES string of the molecule is N[C@H]1CCCN(c2nc(C3CC3)cc(=O)[nH]2)C1. The second-order valence-electron chi connectivity index (χ2n) is 5.12. The number of hydrogen-bond donors (Lipinski definition) is 2. The fourth-order valence-electron chi connectivity index (χ4n) is 2.40. The highest BCUT2D eigenvalue weighted by atomic mass is 16.1. The molecule has 3 rings (SSSR count). The number of rotatable bonds is 2. The van der Waals surface area contributed by atoms with Crippen LogP contribution in [0.4, 0.5) is 5.95 Å². The van der Waals surface area contributed by atoms with Gasteiger partial charge in [0.25, 0.3) is 5.56 Å². The number of hydrogen-bond acceptors (Lipinski definition) is 4. The Morgan fingerprint density at radius 1 is 1.41 bits per heavy atom. The van der Waals surface area contributed by atoms with E-state index in [9.17, 15) is 4.79 Å². The zero-order chi connectivity index (χ0) is 11.8. The third kappa shape index (κ3) is 2.34. The van der Waals surface area contributed by atoms with Crippen LogP contribution in [0.3, 0.4) is 0 Å². The van der Waals surface area contributed by atoms with E-state index in [-0.39, 0.29) is 11.6 Å². The Labute approximate surface area is 100 Å². The van der Waals surface area contributed by atoms with E-state index in [1.165, 1.54) is 0 Å². The Kier molecular flexibility index (Phi) is 2.63. The molecule has 2 fully saturated rings. The number of nitrogens with zero attached hydrogens (tertiary/aromatic N) is 2. The Morgan fingerprint density at radius 2 is 2.24 bits per heavy atom. The number of H-pyrrole nitrogens is 1. The largest absolute Gasteiger partial charge is 0.341 e. The summed E-state index contributed by atoms with van der Waals surface area (Å²) in [5.41, 5.74) is 6.85. The minimum absolute atomic E-state index is 0.0453. The van der Waals surface area contributed by atoms with Gasteiger partial charge in [-0.15, -0.1) is 0 Å². The first-order chi connectivity index (χ1) is 8.22. The van der Waals surface area contributed by atoms with E-state index in [1.54, 1.807) is 6.07 Å². The molecule has 0 bridgehead atoms. The molecule has 1 aliphatic carbocycles. The van der Waals surface area contributed by atoms with Gasteiger partial charge in [0.1, 0.15) is 0 Å². The molecule has 2 aliphatic rings. The van der Waals surface area contributed by atoms with Crippen LogP contribution in [0.5, 0.6) is 0 Å². The van der Waals surface area contributed by atoms with Gasteiger partial charge in [-0.2, -0.15) is 0 Å². The highest BCUT2D eigenvalue weighted by molar-refractivity contribution is 5.33. The van der Waals surface area contributed by atoms with Crippen molar-refractivity contribution >= 4 is 5.95 Å². The Balaban J connectivity index is 1.88. The molecule has 1 saturated carbocycles. The fraction of sp³-hybridized carbons (Fsp3) is 0.667. The second kappa shape index (κ2) is 4.14. The van der Waals surface area contributed by atoms with Crippen molar-refractivity contribution in [3.63, 3.8) is 0 Å². The normalized spacial score (nSPS) is 25.0. The number of anilines is 1. The van der Waals surface area contributed by atoms with Crippen LogP contribution in [0.25, 0.3) is 0 Å². The van der Waals surface area contributed by atoms with Crippen LogP contribution < -0.4 is 16.2 Å². The minimum Gasteiger partial charge on any atom is -0.341 e. The summed E-state index contributed by atoms with van der Waals surface area (Å²) in [7, 11) is 0. The van der Waals surface area contributed by atoms with E-state index >= 15 is 0 Å². The zero-order valence-electron chi connectivity index (χ0n) is 9.85. The predicted octanol–water partition coefficient (Wildman–Crippen LogP) is 0.575. The average Bonchev–Trinajstić information content (AvgIpc) is 3.12. The number of aromatic amines is 1. The number of nitrogens with two attached hydrogens (primary N) is 1. The molecule has 92 valence electrons. The lowest BCUT2D eigenvalue weighted by atomic mass is 10.1. The molecule has 5 heteroatoms. The summed E-state index contributed by atoms with van der Waals surface area (Å²) < 4.78 is 0. The maximum absolute atomic E-state index is 11.6. The van der Waals surface area contributed by atoms with Gasteiger partial charge in [-0.05, 0) is 25.7 Å². The highest BCUT2D eigenvalue weighted by Crippen LogP contribution is 2.38. The highest BCUT2D eigenvalue weighted by Gasteiger charge is 2.27. The van der Waals surface area contributed by atoms with Gasteiger partial charge in [0.05, 0.1) is 5.69 Å². The van der Waals surface area contributed by atoms with E-state index in [0.717, 1.165) is 44.5 Å². The molecule has 17 heavy (non-hydrogen) atoms. The Hall–Kier alpha value is -1.36. The van der Waals surface area contributed by atoms with Crippen LogP contribution >= 0.6 is 0 Å². The van der Waals surface area contributed by atoms with Crippen molar-refractivity contribution in [3.8, 4) is 0 Å². The predicted molar refractivity (Wildman–Crippen MR) is 66.3 cm³/mol. The first-order valence-electron chi connectivity index (χ1n) is 6.34. The van der Waals surface area contributed by atoms with Crippen molar-refractivity contribution in [2.24, 2.45) is 5.73 Å². The van der Waals surface area contributed by atoms with Crippen molar-refractivity contribution < 1.29 is 0 Å². The van der Waals surface area contributed by atoms with Crippen LogP contribution in [0, 0.1) is 0 Å². The first-order valence-corrected chi connectivity index (χ1v) is 6.34. The lowest BCUT2D eigenvalue weighted by Gasteiger charge is -2.31. The summed E-state index contributed by atoms with van der Waals surface area (Å²) in [6, 6.07) is 1.82. The third-order valence-electron chi connectivity index (χ3n) is 3.50. The average molecular weight is 234 g/mol. The minimum atomic E-state index is -0.0453. The van der Waals surface area contributed by atoms with E-state index in [2.05, 4.69) is 14.9 Å². The van der Waals surface area contributed by atoms with Gasteiger partial charge >= 0.3 is 0 Å². The lowest BCUT2D eigenvalue weighted by Crippen LogP contribution is -2.44. The van der Waals surface area contributed by atoms with Crippen molar-refractivity contribution in [1.82, 2.24) is 9.97 Å². The molecule has 0 unspecified atom stereocenters. The molecule has 2 heterocycles. The van der Waals surface area contributed by atoms with Gasteiger partial charge in [0, 0.05) is 31.1 Å². The van der Waals surface area contributed by atoms with Gasteiger partial charge in [0.2, 0.25) is 5.95 Å². The summed E-state index contributed by atoms with van der Waals surface area (Å²) in [4.78, 5) is 21.1. The summed E-state index contributed by atoms with van der Waals surface area (Å²) in [5, 5.41) is 0. The quantitative estimate of drug-likeness (QED) is 0.784. The molecule has 0 amide bonds. The molecular formula is C12H18N4O. The van der Waals surface area contributed by atoms with E-state index in [4.69, 9.17) is 5.73 Å². The second-order valence-corrected chi connectivity index (χ2v) is 5.12. The topological polar surface area (TPSA) is 75.0 Å². The van der Waals surface area contributed by atoms with Crippen molar-refractivity contribution in [1.29, 1.82) is 0 Å². The van der Waals surface area contributed by atoms with E-state index in [1.807, 2.05) is 0 Å². The Bertz CT molecular complexity index is 466. The third-order valence-corrected chi connectivity index (χ3v) is 3.50. The maximum atomic E-state index is 11.6. The number of nitrogens with one attached hydrogen (secondary N) is 1. The molecular weight excluding hydrogens is 216 g/mol. The molecule has 0 spiro atoms. The summed E-state index contributed by atoms with van der Waals surface area (Å²) in [6.45, 7) is 1.72. The maximum Gasteiger partial charge on any atom is 0.252 e. The van der Waals surface area contributed by atoms with Gasteiger partial charge in [-0.25, -0.2) is 4.98 Å². The Morgan fingerprint density at radius 3 is 2.94 bits per heavy atom. The van der Waals surface area contributed by atoms with Crippen molar-refractivity contribution in [3.05, 3.63) is 22.1 Å². The zero-order valence-corrected chi connectivity index (χ0v) is 9.85. The van der Waals surface area contributed by atoms with Gasteiger partial charge in [-0.3, -0.25) is 9.78 Å². The van der Waals surface area contributed by atoms with Gasteiger partial charge < -0.3 is 10.6 Å². The lowest BCUT2D eigenvalue weighted by molar-refractivity contribution is 0.499. The smallest absolute Gasteiger partial charge is 0.252 e. The molecule has 1 saturated heterocycles. The molecule has 5 nitrogen and oxygen atoms in total. The first kappa shape index (κ1) is 10.8. The molecule has 3 N–H and O–H groups in total. The number of aromatic nitrogens is 2. The molecule has 0 aromatic carbocycles. The van der Waals surface area contributed by atoms with E-state index in [0.29, 0.717) is 11.9 Å². The molecule has 0 radical (unpaired) electrons. The monoisotopic (exact) mass is 234 g/mol. The summed E-state index contributed by atoms with van der Waals surface area (Å²) >= 11 is 0. The van der Waals surface area contributed by atoms with Crippen LogP contribution in [0.1, 0.15) is 37.3 Å². The molecule has 1 aromatic heterocycles. The van der Waals surface area contributed by atoms with Gasteiger partial charge in [-0.1, -0.05) is 0 Å². The van der Waals surface area contributed by atoms with Gasteiger partial charge in [0.15, 0.2) is 0 Å². The summed E-state index contributed by atoms with van der Waals surface area (Å²) in [5.74, 6) is 1.21. The van der Waals surface area contributed by atoms with Crippen molar-refractivity contribution in [2.45, 2.75) is 37.6 Å². The molecule has 1 aromatic rings. The standard InChI is InChI=1S/C12H18N4O/c13-9-2-1-5-16(7-9)12-14-10(8-3-4-8)6-11(17)15-12/h6,8-9H,1-5,7,13H2,(H,14,15,17)/t9-/m0/s1. The van der Waals surface area contributed by atoms with Crippen molar-refractivity contribution in [2.75, 3.05) is 18.0 Å². The summed E-state index contributed by atoms with van der Waals surface area (Å²) in [6.07, 6.45) is 4.45.